The van der Waals surface area contributed by atoms with Crippen molar-refractivity contribution < 1.29 is 9.59 Å². The van der Waals surface area contributed by atoms with Crippen molar-refractivity contribution in [3.8, 4) is 0 Å². The molecule has 1 aliphatic carbocycles. The van der Waals surface area contributed by atoms with Crippen molar-refractivity contribution in [3.63, 3.8) is 0 Å². The highest BCUT2D eigenvalue weighted by Crippen LogP contribution is 2.30. The van der Waals surface area contributed by atoms with Crippen molar-refractivity contribution in [1.82, 2.24) is 10.2 Å². The molecular weight excluding hydrogens is 252 g/mol. The monoisotopic (exact) mass is 274 g/mol. The first-order valence-corrected chi connectivity index (χ1v) is 7.23. The Morgan fingerprint density at radius 1 is 1.30 bits per heavy atom. The van der Waals surface area contributed by atoms with Gasteiger partial charge in [0, 0.05) is 19.5 Å². The summed E-state index contributed by atoms with van der Waals surface area (Å²) in [5, 5.41) is 2.90. The van der Waals surface area contributed by atoms with Crippen LogP contribution in [-0.4, -0.2) is 30.3 Å². The summed E-state index contributed by atoms with van der Waals surface area (Å²) in [5.41, 5.74) is 0.842. The standard InChI is InChI=1S/C16H22N2O2/c1-3-11-18(2)16(20)14(12-7-5-4-6-8-12)17-15(19)13-9-10-13/h4-8,13-14H,3,9-11H2,1-2H3,(H,17,19)/t14-/m1/s1. The lowest BCUT2D eigenvalue weighted by Crippen LogP contribution is -2.42. The number of likely N-dealkylation sites (N-methyl/N-ethyl adjacent to an activating group) is 1. The molecule has 0 bridgehead atoms. The lowest BCUT2D eigenvalue weighted by Gasteiger charge is -2.24. The molecule has 0 unspecified atom stereocenters. The van der Waals surface area contributed by atoms with Crippen LogP contribution in [0.15, 0.2) is 30.3 Å². The molecule has 2 amide bonds. The fourth-order valence-corrected chi connectivity index (χ4v) is 2.20. The molecule has 1 N–H and O–H groups in total. The van der Waals surface area contributed by atoms with Crippen LogP contribution in [0.4, 0.5) is 0 Å². The fourth-order valence-electron chi connectivity index (χ4n) is 2.20. The quantitative estimate of drug-likeness (QED) is 0.864. The first kappa shape index (κ1) is 14.6. The molecule has 1 fully saturated rings. The van der Waals surface area contributed by atoms with E-state index in [0.717, 1.165) is 24.8 Å². The fraction of sp³-hybridized carbons (Fsp3) is 0.500. The number of hydrogen-bond acceptors (Lipinski definition) is 2. The highest BCUT2D eigenvalue weighted by atomic mass is 16.2. The molecule has 20 heavy (non-hydrogen) atoms. The second kappa shape index (κ2) is 6.55. The van der Waals surface area contributed by atoms with Crippen molar-refractivity contribution in [2.75, 3.05) is 13.6 Å². The van der Waals surface area contributed by atoms with Crippen LogP contribution < -0.4 is 5.32 Å². The molecule has 1 saturated carbocycles. The van der Waals surface area contributed by atoms with Gasteiger partial charge in [-0.15, -0.1) is 0 Å². The number of carbonyl (C=O) groups is 2. The zero-order chi connectivity index (χ0) is 14.5. The van der Waals surface area contributed by atoms with E-state index in [-0.39, 0.29) is 17.7 Å². The van der Waals surface area contributed by atoms with E-state index in [2.05, 4.69) is 5.32 Å². The number of carbonyl (C=O) groups excluding carboxylic acids is 2. The van der Waals surface area contributed by atoms with E-state index in [1.807, 2.05) is 37.3 Å². The number of nitrogens with zero attached hydrogens (tertiary/aromatic N) is 1. The molecule has 0 saturated heterocycles. The number of nitrogens with one attached hydrogen (secondary N) is 1. The summed E-state index contributed by atoms with van der Waals surface area (Å²) in [5.74, 6) is 0.0506. The summed E-state index contributed by atoms with van der Waals surface area (Å²) in [6.07, 6.45) is 2.78. The Bertz CT molecular complexity index is 469. The van der Waals surface area contributed by atoms with Crippen LogP contribution in [0.25, 0.3) is 0 Å². The first-order valence-electron chi connectivity index (χ1n) is 7.23. The Kier molecular flexibility index (Phi) is 4.77. The van der Waals surface area contributed by atoms with Gasteiger partial charge < -0.3 is 10.2 Å². The molecule has 0 spiro atoms. The van der Waals surface area contributed by atoms with Gasteiger partial charge in [0.1, 0.15) is 6.04 Å². The predicted octanol–water partition coefficient (Wildman–Crippen LogP) is 2.12. The molecule has 0 aromatic heterocycles. The van der Waals surface area contributed by atoms with Gasteiger partial charge in [-0.25, -0.2) is 0 Å². The van der Waals surface area contributed by atoms with Crippen LogP contribution in [0.1, 0.15) is 37.8 Å². The van der Waals surface area contributed by atoms with Crippen LogP contribution in [-0.2, 0) is 9.59 Å². The van der Waals surface area contributed by atoms with Gasteiger partial charge in [0.05, 0.1) is 0 Å². The summed E-state index contributed by atoms with van der Waals surface area (Å²) in [6, 6.07) is 8.88. The van der Waals surface area contributed by atoms with Crippen molar-refractivity contribution in [2.45, 2.75) is 32.2 Å². The molecule has 4 nitrogen and oxygen atoms in total. The molecule has 0 aliphatic heterocycles. The number of hydrogen-bond donors (Lipinski definition) is 1. The minimum absolute atomic E-state index is 0.00268. The second-order valence-corrected chi connectivity index (χ2v) is 5.39. The molecule has 1 aliphatic rings. The average Bonchev–Trinajstić information content (AvgIpc) is 3.29. The van der Waals surface area contributed by atoms with E-state index in [4.69, 9.17) is 0 Å². The topological polar surface area (TPSA) is 49.4 Å². The number of amides is 2. The minimum Gasteiger partial charge on any atom is -0.344 e. The summed E-state index contributed by atoms with van der Waals surface area (Å²) in [7, 11) is 1.78. The van der Waals surface area contributed by atoms with Gasteiger partial charge >= 0.3 is 0 Å². The van der Waals surface area contributed by atoms with Crippen molar-refractivity contribution in [3.05, 3.63) is 35.9 Å². The zero-order valence-electron chi connectivity index (χ0n) is 12.1. The number of rotatable bonds is 6. The van der Waals surface area contributed by atoms with Gasteiger partial charge in [-0.2, -0.15) is 0 Å². The third-order valence-corrected chi connectivity index (χ3v) is 3.55. The normalized spacial score (nSPS) is 15.5. The van der Waals surface area contributed by atoms with Crippen LogP contribution >= 0.6 is 0 Å². The Morgan fingerprint density at radius 3 is 2.50 bits per heavy atom. The van der Waals surface area contributed by atoms with Crippen LogP contribution in [0, 0.1) is 5.92 Å². The summed E-state index contributed by atoms with van der Waals surface area (Å²) in [4.78, 5) is 26.2. The van der Waals surface area contributed by atoms with Gasteiger partial charge in [0.2, 0.25) is 11.8 Å². The van der Waals surface area contributed by atoms with Gasteiger partial charge in [0.25, 0.3) is 0 Å². The average molecular weight is 274 g/mol. The molecule has 108 valence electrons. The molecule has 2 rings (SSSR count). The maximum absolute atomic E-state index is 12.5. The Morgan fingerprint density at radius 2 is 1.95 bits per heavy atom. The minimum atomic E-state index is -0.569. The SMILES string of the molecule is CCCN(C)C(=O)[C@H](NC(=O)C1CC1)c1ccccc1. The summed E-state index contributed by atoms with van der Waals surface area (Å²) < 4.78 is 0. The molecular formula is C16H22N2O2. The summed E-state index contributed by atoms with van der Waals surface area (Å²) in [6.45, 7) is 2.73. The van der Waals surface area contributed by atoms with E-state index in [0.29, 0.717) is 6.54 Å². The largest absolute Gasteiger partial charge is 0.344 e. The van der Waals surface area contributed by atoms with Crippen molar-refractivity contribution >= 4 is 11.8 Å². The zero-order valence-corrected chi connectivity index (χ0v) is 12.1. The van der Waals surface area contributed by atoms with Crippen molar-refractivity contribution in [2.24, 2.45) is 5.92 Å². The smallest absolute Gasteiger partial charge is 0.249 e. The maximum Gasteiger partial charge on any atom is 0.249 e. The summed E-state index contributed by atoms with van der Waals surface area (Å²) >= 11 is 0. The molecule has 4 heteroatoms. The lowest BCUT2D eigenvalue weighted by atomic mass is 10.1. The molecule has 0 heterocycles. The third kappa shape index (κ3) is 3.59. The first-order chi connectivity index (χ1) is 9.63. The van der Waals surface area contributed by atoms with Crippen LogP contribution in [0.5, 0.6) is 0 Å². The van der Waals surface area contributed by atoms with Crippen molar-refractivity contribution in [1.29, 1.82) is 0 Å². The van der Waals surface area contributed by atoms with Crippen LogP contribution in [0.3, 0.4) is 0 Å². The molecule has 1 aromatic rings. The van der Waals surface area contributed by atoms with Crippen LogP contribution in [0.2, 0.25) is 0 Å². The van der Waals surface area contributed by atoms with E-state index >= 15 is 0 Å². The second-order valence-electron chi connectivity index (χ2n) is 5.39. The van der Waals surface area contributed by atoms with Gasteiger partial charge in [-0.05, 0) is 24.8 Å². The van der Waals surface area contributed by atoms with E-state index < -0.39 is 6.04 Å². The maximum atomic E-state index is 12.5. The highest BCUT2D eigenvalue weighted by Gasteiger charge is 2.33. The van der Waals surface area contributed by atoms with Gasteiger partial charge in [-0.3, -0.25) is 9.59 Å². The Labute approximate surface area is 120 Å². The molecule has 1 aromatic carbocycles. The van der Waals surface area contributed by atoms with Gasteiger partial charge in [-0.1, -0.05) is 37.3 Å². The predicted molar refractivity (Wildman–Crippen MR) is 78.0 cm³/mol. The molecule has 0 radical (unpaired) electrons. The molecule has 1 atom stereocenters. The van der Waals surface area contributed by atoms with E-state index in [1.54, 1.807) is 11.9 Å². The van der Waals surface area contributed by atoms with E-state index in [9.17, 15) is 9.59 Å². The van der Waals surface area contributed by atoms with Gasteiger partial charge in [0.15, 0.2) is 0 Å². The lowest BCUT2D eigenvalue weighted by molar-refractivity contribution is -0.136. The number of benzene rings is 1. The Balaban J connectivity index is 2.14. The highest BCUT2D eigenvalue weighted by molar-refractivity contribution is 5.90. The van der Waals surface area contributed by atoms with E-state index in [1.165, 1.54) is 0 Å². The third-order valence-electron chi connectivity index (χ3n) is 3.55. The Hall–Kier alpha value is -1.84.